The summed E-state index contributed by atoms with van der Waals surface area (Å²) in [7, 11) is 0. The molecule has 0 saturated carbocycles. The molecule has 3 rings (SSSR count). The van der Waals surface area contributed by atoms with E-state index in [1.54, 1.807) is 11.3 Å². The highest BCUT2D eigenvalue weighted by atomic mass is 32.2. The molecule has 0 aliphatic carbocycles. The largest absolute Gasteiger partial charge is 0.388 e. The highest BCUT2D eigenvalue weighted by Crippen LogP contribution is 2.28. The van der Waals surface area contributed by atoms with Crippen molar-refractivity contribution >= 4 is 28.2 Å². The number of nitrogens with zero attached hydrogens (tertiary/aromatic N) is 2. The van der Waals surface area contributed by atoms with Crippen LogP contribution in [0.15, 0.2) is 35.7 Å². The van der Waals surface area contributed by atoms with Gasteiger partial charge in [0.05, 0.1) is 11.8 Å². The Bertz CT molecular complexity index is 573. The predicted molar refractivity (Wildman–Crippen MR) is 91.4 cm³/mol. The van der Waals surface area contributed by atoms with Gasteiger partial charge in [-0.3, -0.25) is 0 Å². The van der Waals surface area contributed by atoms with Gasteiger partial charge in [-0.1, -0.05) is 37.3 Å². The van der Waals surface area contributed by atoms with E-state index in [4.69, 9.17) is 4.98 Å². The smallest absolute Gasteiger partial charge is 0.185 e. The average Bonchev–Trinajstić information content (AvgIpc) is 2.97. The Hall–Kier alpha value is -1.04. The van der Waals surface area contributed by atoms with Crippen molar-refractivity contribution in [3.63, 3.8) is 0 Å². The minimum atomic E-state index is -0.475. The molecular formula is C16H20N2OS2. The van der Waals surface area contributed by atoms with Gasteiger partial charge in [0.15, 0.2) is 5.13 Å². The fraction of sp³-hybridized carbons (Fsp3) is 0.438. The van der Waals surface area contributed by atoms with Gasteiger partial charge in [0.1, 0.15) is 0 Å². The van der Waals surface area contributed by atoms with E-state index in [9.17, 15) is 5.11 Å². The SMILES string of the molecule is CC1CN(c2nc(CC(O)c3ccccc3)cs2)CCS1. The standard InChI is InChI=1S/C16H20N2OS2/c1-12-10-18(7-8-20-12)16-17-14(11-21-16)9-15(19)13-5-3-2-4-6-13/h2-6,11-12,15,19H,7-10H2,1H3. The second-order valence-electron chi connectivity index (χ2n) is 5.38. The summed E-state index contributed by atoms with van der Waals surface area (Å²) in [6.07, 6.45) is 0.107. The average molecular weight is 320 g/mol. The third-order valence-corrected chi connectivity index (χ3v) is 5.72. The Morgan fingerprint density at radius 2 is 2.19 bits per heavy atom. The number of benzene rings is 1. The summed E-state index contributed by atoms with van der Waals surface area (Å²) in [6.45, 7) is 4.41. The molecule has 2 unspecified atom stereocenters. The fourth-order valence-corrected chi connectivity index (χ4v) is 4.41. The zero-order valence-electron chi connectivity index (χ0n) is 12.1. The van der Waals surface area contributed by atoms with Crippen LogP contribution in [0.25, 0.3) is 0 Å². The maximum Gasteiger partial charge on any atom is 0.185 e. The Morgan fingerprint density at radius 3 is 2.95 bits per heavy atom. The first-order valence-corrected chi connectivity index (χ1v) is 9.19. The lowest BCUT2D eigenvalue weighted by Gasteiger charge is -2.30. The molecule has 1 saturated heterocycles. The number of anilines is 1. The summed E-state index contributed by atoms with van der Waals surface area (Å²) in [6, 6.07) is 9.80. The Kier molecular flexibility index (Phi) is 4.83. The van der Waals surface area contributed by atoms with Crippen LogP contribution in [0.1, 0.15) is 24.3 Å². The second-order valence-corrected chi connectivity index (χ2v) is 7.76. The quantitative estimate of drug-likeness (QED) is 0.937. The lowest BCUT2D eigenvalue weighted by Crippen LogP contribution is -2.36. The molecule has 2 atom stereocenters. The van der Waals surface area contributed by atoms with Crippen LogP contribution in [0.2, 0.25) is 0 Å². The van der Waals surface area contributed by atoms with Gasteiger partial charge < -0.3 is 10.0 Å². The number of hydrogen-bond acceptors (Lipinski definition) is 5. The van der Waals surface area contributed by atoms with Crippen molar-refractivity contribution in [2.24, 2.45) is 0 Å². The van der Waals surface area contributed by atoms with Crippen molar-refractivity contribution in [1.82, 2.24) is 4.98 Å². The van der Waals surface area contributed by atoms with E-state index in [1.165, 1.54) is 5.75 Å². The summed E-state index contributed by atoms with van der Waals surface area (Å²) in [5, 5.41) is 14.1. The van der Waals surface area contributed by atoms with Gasteiger partial charge in [0.2, 0.25) is 0 Å². The van der Waals surface area contributed by atoms with Crippen LogP contribution < -0.4 is 4.90 Å². The van der Waals surface area contributed by atoms with Crippen LogP contribution >= 0.6 is 23.1 Å². The molecule has 1 aliphatic rings. The third-order valence-electron chi connectivity index (χ3n) is 3.64. The van der Waals surface area contributed by atoms with Gasteiger partial charge in [-0.2, -0.15) is 11.8 Å². The van der Waals surface area contributed by atoms with Crippen LogP contribution in [0.3, 0.4) is 0 Å². The number of hydrogen-bond donors (Lipinski definition) is 1. The minimum Gasteiger partial charge on any atom is -0.388 e. The molecule has 1 aliphatic heterocycles. The van der Waals surface area contributed by atoms with Crippen molar-refractivity contribution in [1.29, 1.82) is 0 Å². The molecule has 1 N–H and O–H groups in total. The molecule has 2 heterocycles. The van der Waals surface area contributed by atoms with Gasteiger partial charge >= 0.3 is 0 Å². The Balaban J connectivity index is 1.65. The van der Waals surface area contributed by atoms with E-state index in [-0.39, 0.29) is 0 Å². The van der Waals surface area contributed by atoms with Crippen LogP contribution in [0.5, 0.6) is 0 Å². The van der Waals surface area contributed by atoms with Crippen molar-refractivity contribution in [2.45, 2.75) is 24.7 Å². The first kappa shape index (κ1) is 14.9. The number of aliphatic hydroxyl groups excluding tert-OH is 1. The van der Waals surface area contributed by atoms with E-state index in [0.29, 0.717) is 11.7 Å². The molecule has 2 aromatic rings. The number of rotatable bonds is 4. The van der Waals surface area contributed by atoms with Gasteiger partial charge in [-0.05, 0) is 5.56 Å². The van der Waals surface area contributed by atoms with Gasteiger partial charge in [-0.15, -0.1) is 11.3 Å². The molecule has 0 spiro atoms. The van der Waals surface area contributed by atoms with E-state index < -0.39 is 6.10 Å². The van der Waals surface area contributed by atoms with Crippen molar-refractivity contribution < 1.29 is 5.11 Å². The molecule has 3 nitrogen and oxygen atoms in total. The van der Waals surface area contributed by atoms with E-state index in [0.717, 1.165) is 29.5 Å². The molecule has 0 bridgehead atoms. The minimum absolute atomic E-state index is 0.475. The topological polar surface area (TPSA) is 36.4 Å². The highest BCUT2D eigenvalue weighted by Gasteiger charge is 2.20. The molecule has 1 aromatic carbocycles. The van der Waals surface area contributed by atoms with Crippen molar-refractivity contribution in [3.05, 3.63) is 47.0 Å². The summed E-state index contributed by atoms with van der Waals surface area (Å²) < 4.78 is 0. The van der Waals surface area contributed by atoms with E-state index in [1.807, 2.05) is 42.1 Å². The third kappa shape index (κ3) is 3.78. The monoisotopic (exact) mass is 320 g/mol. The molecule has 1 aromatic heterocycles. The van der Waals surface area contributed by atoms with Crippen LogP contribution in [0, 0.1) is 0 Å². The van der Waals surface area contributed by atoms with Gasteiger partial charge in [-0.25, -0.2) is 4.98 Å². The number of thiazole rings is 1. The molecule has 5 heteroatoms. The van der Waals surface area contributed by atoms with Crippen molar-refractivity contribution in [2.75, 3.05) is 23.7 Å². The van der Waals surface area contributed by atoms with Gasteiger partial charge in [0.25, 0.3) is 0 Å². The molecule has 1 fully saturated rings. The zero-order chi connectivity index (χ0) is 14.7. The number of aromatic nitrogens is 1. The molecule has 0 amide bonds. The number of thioether (sulfide) groups is 1. The van der Waals surface area contributed by atoms with Crippen LogP contribution in [-0.4, -0.2) is 34.2 Å². The second kappa shape index (κ2) is 6.81. The van der Waals surface area contributed by atoms with Crippen LogP contribution in [0.4, 0.5) is 5.13 Å². The summed E-state index contributed by atoms with van der Waals surface area (Å²) in [4.78, 5) is 7.07. The van der Waals surface area contributed by atoms with Gasteiger partial charge in [0, 0.05) is 35.9 Å². The normalized spacial score (nSPS) is 20.5. The summed E-state index contributed by atoms with van der Waals surface area (Å²) >= 11 is 3.72. The van der Waals surface area contributed by atoms with E-state index in [2.05, 4.69) is 17.2 Å². The predicted octanol–water partition coefficient (Wildman–Crippen LogP) is 3.36. The van der Waals surface area contributed by atoms with Crippen molar-refractivity contribution in [3.8, 4) is 0 Å². The molecule has 112 valence electrons. The fourth-order valence-electron chi connectivity index (χ4n) is 2.52. The summed E-state index contributed by atoms with van der Waals surface area (Å²) in [5.74, 6) is 1.17. The maximum absolute atomic E-state index is 10.3. The lowest BCUT2D eigenvalue weighted by atomic mass is 10.1. The molecular weight excluding hydrogens is 300 g/mol. The highest BCUT2D eigenvalue weighted by molar-refractivity contribution is 8.00. The zero-order valence-corrected chi connectivity index (χ0v) is 13.7. The number of aliphatic hydroxyl groups is 1. The summed E-state index contributed by atoms with van der Waals surface area (Å²) in [5.41, 5.74) is 1.94. The first-order valence-electron chi connectivity index (χ1n) is 7.26. The van der Waals surface area contributed by atoms with Crippen LogP contribution in [-0.2, 0) is 6.42 Å². The lowest BCUT2D eigenvalue weighted by molar-refractivity contribution is 0.177. The first-order chi connectivity index (χ1) is 10.2. The maximum atomic E-state index is 10.3. The molecule has 21 heavy (non-hydrogen) atoms. The van der Waals surface area contributed by atoms with E-state index >= 15 is 0 Å². The molecule has 0 radical (unpaired) electrons. The Labute approximate surface area is 134 Å². The Morgan fingerprint density at radius 1 is 1.38 bits per heavy atom.